The molecule has 2 aromatic carbocycles. The van der Waals surface area contributed by atoms with E-state index in [0.717, 1.165) is 5.69 Å². The van der Waals surface area contributed by atoms with Gasteiger partial charge in [-0.05, 0) is 48.5 Å². The van der Waals surface area contributed by atoms with Gasteiger partial charge in [0.25, 0.3) is 10.0 Å². The fourth-order valence-electron chi connectivity index (χ4n) is 2.26. The van der Waals surface area contributed by atoms with Gasteiger partial charge in [-0.1, -0.05) is 17.7 Å². The smallest absolute Gasteiger partial charge is 0.261 e. The van der Waals surface area contributed by atoms with Gasteiger partial charge in [-0.25, -0.2) is 8.42 Å². The molecular formula is C17H15ClN2O3S. The van der Waals surface area contributed by atoms with Gasteiger partial charge in [0.05, 0.1) is 22.7 Å². The van der Waals surface area contributed by atoms with E-state index in [4.69, 9.17) is 16.3 Å². The van der Waals surface area contributed by atoms with E-state index in [9.17, 15) is 8.42 Å². The molecule has 0 radical (unpaired) electrons. The van der Waals surface area contributed by atoms with E-state index in [0.29, 0.717) is 11.4 Å². The van der Waals surface area contributed by atoms with Gasteiger partial charge >= 0.3 is 0 Å². The third-order valence-electron chi connectivity index (χ3n) is 3.43. The van der Waals surface area contributed by atoms with Crippen LogP contribution in [0.3, 0.4) is 0 Å². The Morgan fingerprint density at radius 1 is 1.04 bits per heavy atom. The lowest BCUT2D eigenvalue weighted by Gasteiger charge is -2.11. The molecule has 0 aliphatic carbocycles. The first-order valence-electron chi connectivity index (χ1n) is 7.09. The maximum absolute atomic E-state index is 12.5. The number of nitrogens with zero attached hydrogens (tertiary/aromatic N) is 1. The molecule has 3 rings (SSSR count). The summed E-state index contributed by atoms with van der Waals surface area (Å²) in [5.41, 5.74) is 1.32. The van der Waals surface area contributed by atoms with E-state index in [1.54, 1.807) is 18.2 Å². The first-order valence-corrected chi connectivity index (χ1v) is 8.95. The minimum atomic E-state index is -3.75. The van der Waals surface area contributed by atoms with Gasteiger partial charge < -0.3 is 9.30 Å². The molecular weight excluding hydrogens is 348 g/mol. The van der Waals surface area contributed by atoms with E-state index < -0.39 is 10.0 Å². The average molecular weight is 363 g/mol. The van der Waals surface area contributed by atoms with Crippen molar-refractivity contribution in [1.82, 2.24) is 4.57 Å². The number of benzene rings is 2. The molecule has 0 atom stereocenters. The van der Waals surface area contributed by atoms with Crippen molar-refractivity contribution in [2.75, 3.05) is 11.8 Å². The summed E-state index contributed by atoms with van der Waals surface area (Å²) in [6, 6.07) is 15.2. The Morgan fingerprint density at radius 2 is 1.79 bits per heavy atom. The van der Waals surface area contributed by atoms with Gasteiger partial charge in [-0.3, -0.25) is 4.72 Å². The number of sulfonamides is 1. The number of rotatable bonds is 5. The molecule has 7 heteroatoms. The van der Waals surface area contributed by atoms with Crippen LogP contribution in [-0.4, -0.2) is 20.1 Å². The molecule has 0 saturated heterocycles. The lowest BCUT2D eigenvalue weighted by Crippen LogP contribution is -2.13. The van der Waals surface area contributed by atoms with Crippen molar-refractivity contribution >= 4 is 27.3 Å². The minimum Gasteiger partial charge on any atom is -0.495 e. The van der Waals surface area contributed by atoms with Gasteiger partial charge in [0, 0.05) is 18.1 Å². The van der Waals surface area contributed by atoms with Crippen molar-refractivity contribution in [3.8, 4) is 11.4 Å². The summed E-state index contributed by atoms with van der Waals surface area (Å²) in [4.78, 5) is 0.0691. The predicted molar refractivity (Wildman–Crippen MR) is 94.6 cm³/mol. The lowest BCUT2D eigenvalue weighted by molar-refractivity contribution is 0.414. The SMILES string of the molecule is COc1ccc(S(=O)(=O)Nc2cccc(-n3cccc3)c2)cc1Cl. The van der Waals surface area contributed by atoms with Crippen molar-refractivity contribution in [2.45, 2.75) is 4.90 Å². The molecule has 124 valence electrons. The highest BCUT2D eigenvalue weighted by atomic mass is 35.5. The lowest BCUT2D eigenvalue weighted by atomic mass is 10.3. The van der Waals surface area contributed by atoms with E-state index >= 15 is 0 Å². The molecule has 0 bridgehead atoms. The van der Waals surface area contributed by atoms with Gasteiger partial charge in [0.1, 0.15) is 5.75 Å². The first-order chi connectivity index (χ1) is 11.5. The monoisotopic (exact) mass is 362 g/mol. The third-order valence-corrected chi connectivity index (χ3v) is 5.11. The van der Waals surface area contributed by atoms with Crippen molar-refractivity contribution in [3.05, 3.63) is 72.0 Å². The Labute approximate surface area is 145 Å². The second-order valence-corrected chi connectivity index (χ2v) is 7.13. The number of ether oxygens (including phenoxy) is 1. The van der Waals surface area contributed by atoms with Crippen LogP contribution < -0.4 is 9.46 Å². The Bertz CT molecular complexity index is 954. The van der Waals surface area contributed by atoms with Crippen LogP contribution in [0.2, 0.25) is 5.02 Å². The van der Waals surface area contributed by atoms with E-state index in [2.05, 4.69) is 4.72 Å². The van der Waals surface area contributed by atoms with Crippen LogP contribution in [0.15, 0.2) is 71.9 Å². The highest BCUT2D eigenvalue weighted by Crippen LogP contribution is 2.28. The molecule has 5 nitrogen and oxygen atoms in total. The molecule has 0 aliphatic heterocycles. The topological polar surface area (TPSA) is 60.3 Å². The zero-order chi connectivity index (χ0) is 17.2. The normalized spacial score (nSPS) is 11.2. The quantitative estimate of drug-likeness (QED) is 0.747. The largest absolute Gasteiger partial charge is 0.495 e. The summed E-state index contributed by atoms with van der Waals surface area (Å²) in [6.45, 7) is 0. The van der Waals surface area contributed by atoms with E-state index in [1.807, 2.05) is 35.2 Å². The number of anilines is 1. The van der Waals surface area contributed by atoms with E-state index in [1.165, 1.54) is 25.3 Å². The fourth-order valence-corrected chi connectivity index (χ4v) is 3.66. The molecule has 3 aromatic rings. The van der Waals surface area contributed by atoms with Crippen molar-refractivity contribution in [2.24, 2.45) is 0 Å². The number of hydrogen-bond donors (Lipinski definition) is 1. The third kappa shape index (κ3) is 3.39. The van der Waals surface area contributed by atoms with Crippen LogP contribution in [-0.2, 0) is 10.0 Å². The van der Waals surface area contributed by atoms with Gasteiger partial charge in [-0.2, -0.15) is 0 Å². The van der Waals surface area contributed by atoms with Crippen molar-refractivity contribution < 1.29 is 13.2 Å². The zero-order valence-electron chi connectivity index (χ0n) is 12.8. The maximum atomic E-state index is 12.5. The van der Waals surface area contributed by atoms with Crippen LogP contribution in [0.1, 0.15) is 0 Å². The molecule has 1 aromatic heterocycles. The highest BCUT2D eigenvalue weighted by Gasteiger charge is 2.16. The number of hydrogen-bond acceptors (Lipinski definition) is 3. The molecule has 0 fully saturated rings. The molecule has 0 aliphatic rings. The Morgan fingerprint density at radius 3 is 2.46 bits per heavy atom. The van der Waals surface area contributed by atoms with Crippen LogP contribution in [0.4, 0.5) is 5.69 Å². The van der Waals surface area contributed by atoms with Crippen LogP contribution in [0, 0.1) is 0 Å². The molecule has 1 N–H and O–H groups in total. The standard InChI is InChI=1S/C17H15ClN2O3S/c1-23-17-8-7-15(12-16(17)18)24(21,22)19-13-5-4-6-14(11-13)20-9-2-3-10-20/h2-12,19H,1H3. The molecule has 0 spiro atoms. The minimum absolute atomic E-state index is 0.0691. The average Bonchev–Trinajstić information content (AvgIpc) is 3.09. The molecule has 0 amide bonds. The molecule has 24 heavy (non-hydrogen) atoms. The van der Waals surface area contributed by atoms with E-state index in [-0.39, 0.29) is 9.92 Å². The Kier molecular flexibility index (Phi) is 4.51. The predicted octanol–water partition coefficient (Wildman–Crippen LogP) is 3.94. The maximum Gasteiger partial charge on any atom is 0.261 e. The van der Waals surface area contributed by atoms with Crippen molar-refractivity contribution in [1.29, 1.82) is 0 Å². The highest BCUT2D eigenvalue weighted by molar-refractivity contribution is 7.92. The molecule has 1 heterocycles. The first kappa shape index (κ1) is 16.4. The summed E-state index contributed by atoms with van der Waals surface area (Å²) < 4.78 is 34.6. The number of aromatic nitrogens is 1. The zero-order valence-corrected chi connectivity index (χ0v) is 14.4. The Hall–Kier alpha value is -2.44. The molecule has 0 saturated carbocycles. The second-order valence-electron chi connectivity index (χ2n) is 5.04. The number of methoxy groups -OCH3 is 1. The van der Waals surface area contributed by atoms with Crippen molar-refractivity contribution in [3.63, 3.8) is 0 Å². The Balaban J connectivity index is 1.90. The molecule has 0 unspecified atom stereocenters. The summed E-state index contributed by atoms with van der Waals surface area (Å²) in [5, 5.41) is 0.237. The van der Waals surface area contributed by atoms with Gasteiger partial charge in [-0.15, -0.1) is 0 Å². The van der Waals surface area contributed by atoms with Crippen LogP contribution in [0.5, 0.6) is 5.75 Å². The fraction of sp³-hybridized carbons (Fsp3) is 0.0588. The van der Waals surface area contributed by atoms with Crippen LogP contribution in [0.25, 0.3) is 5.69 Å². The summed E-state index contributed by atoms with van der Waals surface area (Å²) in [7, 11) is -2.27. The van der Waals surface area contributed by atoms with Gasteiger partial charge in [0.2, 0.25) is 0 Å². The summed E-state index contributed by atoms with van der Waals surface area (Å²) in [5.74, 6) is 0.422. The number of nitrogens with one attached hydrogen (secondary N) is 1. The second kappa shape index (κ2) is 6.59. The summed E-state index contributed by atoms with van der Waals surface area (Å²) in [6.07, 6.45) is 3.77. The summed E-state index contributed by atoms with van der Waals surface area (Å²) >= 11 is 6.01. The van der Waals surface area contributed by atoms with Crippen LogP contribution >= 0.6 is 11.6 Å². The van der Waals surface area contributed by atoms with Gasteiger partial charge in [0.15, 0.2) is 0 Å². The number of halogens is 1.